The second-order valence-corrected chi connectivity index (χ2v) is 6.55. The summed E-state index contributed by atoms with van der Waals surface area (Å²) in [6, 6.07) is 9.21. The van der Waals surface area contributed by atoms with Crippen molar-refractivity contribution in [2.24, 2.45) is 11.7 Å². The topological polar surface area (TPSA) is 134 Å². The second-order valence-electron chi connectivity index (χ2n) is 6.55. The summed E-state index contributed by atoms with van der Waals surface area (Å²) in [6.45, 7) is 3.88. The van der Waals surface area contributed by atoms with Crippen LogP contribution in [0, 0.1) is 17.2 Å². The molecule has 8 heteroatoms. The lowest BCUT2D eigenvalue weighted by Gasteiger charge is -2.22. The summed E-state index contributed by atoms with van der Waals surface area (Å²) >= 11 is 0. The Morgan fingerprint density at radius 3 is 2.37 bits per heavy atom. The second kappa shape index (κ2) is 11.5. The Kier molecular flexibility index (Phi) is 9.37. The van der Waals surface area contributed by atoms with Gasteiger partial charge in [0.1, 0.15) is 18.7 Å². The lowest BCUT2D eigenvalue weighted by molar-refractivity contribution is -0.128. The van der Waals surface area contributed by atoms with Crippen molar-refractivity contribution >= 4 is 17.9 Å². The largest absolute Gasteiger partial charge is 0.445 e. The predicted molar refractivity (Wildman–Crippen MR) is 99.0 cm³/mol. The Bertz CT molecular complexity index is 670. The molecule has 0 heterocycles. The number of carbonyl (C=O) groups is 3. The van der Waals surface area contributed by atoms with Gasteiger partial charge >= 0.3 is 6.09 Å². The summed E-state index contributed by atoms with van der Waals surface area (Å²) in [7, 11) is 0. The van der Waals surface area contributed by atoms with Crippen LogP contribution < -0.4 is 16.4 Å². The number of primary amides is 1. The third kappa shape index (κ3) is 8.72. The van der Waals surface area contributed by atoms with Crippen LogP contribution in [0.15, 0.2) is 30.3 Å². The van der Waals surface area contributed by atoms with Crippen molar-refractivity contribution in [2.45, 2.75) is 51.8 Å². The highest BCUT2D eigenvalue weighted by Gasteiger charge is 2.26. The first-order chi connectivity index (χ1) is 12.8. The van der Waals surface area contributed by atoms with E-state index in [1.165, 1.54) is 0 Å². The minimum atomic E-state index is -0.964. The van der Waals surface area contributed by atoms with Gasteiger partial charge in [-0.3, -0.25) is 9.59 Å². The van der Waals surface area contributed by atoms with Crippen molar-refractivity contribution in [2.75, 3.05) is 0 Å². The molecule has 8 nitrogen and oxygen atoms in total. The zero-order valence-corrected chi connectivity index (χ0v) is 15.6. The van der Waals surface area contributed by atoms with Gasteiger partial charge in [0.05, 0.1) is 6.07 Å². The van der Waals surface area contributed by atoms with Crippen LogP contribution in [0.5, 0.6) is 0 Å². The lowest BCUT2D eigenvalue weighted by atomic mass is 10.0. The van der Waals surface area contributed by atoms with Gasteiger partial charge in [-0.05, 0) is 24.3 Å². The maximum absolute atomic E-state index is 12.5. The third-order valence-electron chi connectivity index (χ3n) is 3.73. The highest BCUT2D eigenvalue weighted by molar-refractivity contribution is 5.90. The van der Waals surface area contributed by atoms with Crippen LogP contribution in [0.4, 0.5) is 4.79 Å². The van der Waals surface area contributed by atoms with E-state index in [9.17, 15) is 14.4 Å². The quantitative estimate of drug-likeness (QED) is 0.572. The molecule has 0 aliphatic heterocycles. The van der Waals surface area contributed by atoms with Gasteiger partial charge in [0.15, 0.2) is 0 Å². The SMILES string of the molecule is CC(C)C[C@H](NC(=O)OCc1ccccc1)C(=O)N[C@@H](CCC#N)C(N)=O. The zero-order chi connectivity index (χ0) is 20.2. The number of hydrogen-bond donors (Lipinski definition) is 3. The molecule has 0 spiro atoms. The Labute approximate surface area is 159 Å². The molecule has 1 aromatic carbocycles. The summed E-state index contributed by atoms with van der Waals surface area (Å²) in [5.74, 6) is -1.16. The van der Waals surface area contributed by atoms with Crippen molar-refractivity contribution in [3.05, 3.63) is 35.9 Å². The van der Waals surface area contributed by atoms with Gasteiger partial charge in [-0.15, -0.1) is 0 Å². The summed E-state index contributed by atoms with van der Waals surface area (Å²) < 4.78 is 5.14. The number of carbonyl (C=O) groups excluding carboxylic acids is 3. The van der Waals surface area contributed by atoms with Gasteiger partial charge in [-0.2, -0.15) is 5.26 Å². The fraction of sp³-hybridized carbons (Fsp3) is 0.474. The van der Waals surface area contributed by atoms with Gasteiger partial charge in [0.2, 0.25) is 11.8 Å². The van der Waals surface area contributed by atoms with E-state index < -0.39 is 30.0 Å². The maximum atomic E-state index is 12.5. The molecular formula is C19H26N4O4. The first-order valence-electron chi connectivity index (χ1n) is 8.77. The van der Waals surface area contributed by atoms with Crippen molar-refractivity contribution < 1.29 is 19.1 Å². The molecule has 0 saturated carbocycles. The van der Waals surface area contributed by atoms with Crippen LogP contribution in [0.1, 0.15) is 38.7 Å². The van der Waals surface area contributed by atoms with Crippen molar-refractivity contribution in [1.82, 2.24) is 10.6 Å². The minimum Gasteiger partial charge on any atom is -0.445 e. The molecule has 3 amide bonds. The van der Waals surface area contributed by atoms with Gasteiger partial charge in [-0.25, -0.2) is 4.79 Å². The van der Waals surface area contributed by atoms with Crippen LogP contribution in [-0.2, 0) is 20.9 Å². The number of nitriles is 1. The Morgan fingerprint density at radius 1 is 1.15 bits per heavy atom. The van der Waals surface area contributed by atoms with Crippen LogP contribution >= 0.6 is 0 Å². The molecule has 0 aliphatic rings. The average molecular weight is 374 g/mol. The molecule has 0 bridgehead atoms. The molecule has 2 atom stereocenters. The van der Waals surface area contributed by atoms with E-state index in [0.29, 0.717) is 6.42 Å². The molecular weight excluding hydrogens is 348 g/mol. The van der Waals surface area contributed by atoms with Gasteiger partial charge in [0.25, 0.3) is 0 Å². The number of benzene rings is 1. The number of amides is 3. The fourth-order valence-corrected chi connectivity index (χ4v) is 2.38. The van der Waals surface area contributed by atoms with E-state index in [4.69, 9.17) is 15.7 Å². The van der Waals surface area contributed by atoms with Gasteiger partial charge < -0.3 is 21.1 Å². The van der Waals surface area contributed by atoms with E-state index in [2.05, 4.69) is 10.6 Å². The Morgan fingerprint density at radius 2 is 1.81 bits per heavy atom. The number of alkyl carbamates (subject to hydrolysis) is 1. The fourth-order valence-electron chi connectivity index (χ4n) is 2.38. The molecule has 0 saturated heterocycles. The van der Waals surface area contributed by atoms with Gasteiger partial charge in [-0.1, -0.05) is 44.2 Å². The van der Waals surface area contributed by atoms with Crippen molar-refractivity contribution in [3.8, 4) is 6.07 Å². The monoisotopic (exact) mass is 374 g/mol. The molecule has 4 N–H and O–H groups in total. The van der Waals surface area contributed by atoms with Crippen LogP contribution in [0.2, 0.25) is 0 Å². The number of rotatable bonds is 10. The van der Waals surface area contributed by atoms with E-state index >= 15 is 0 Å². The smallest absolute Gasteiger partial charge is 0.408 e. The number of nitrogens with zero attached hydrogens (tertiary/aromatic N) is 1. The van der Waals surface area contributed by atoms with Gasteiger partial charge in [0, 0.05) is 6.42 Å². The van der Waals surface area contributed by atoms with E-state index in [0.717, 1.165) is 5.56 Å². The third-order valence-corrected chi connectivity index (χ3v) is 3.73. The average Bonchev–Trinajstić information content (AvgIpc) is 2.63. The highest BCUT2D eigenvalue weighted by atomic mass is 16.5. The van der Waals surface area contributed by atoms with E-state index in [-0.39, 0.29) is 25.4 Å². The minimum absolute atomic E-state index is 0.0781. The standard InChI is InChI=1S/C19H26N4O4/c1-13(2)11-16(18(25)22-15(17(21)24)9-6-10-20)23-19(26)27-12-14-7-4-3-5-8-14/h3-5,7-8,13,15-16H,6,9,11-12H2,1-2H3,(H2,21,24)(H,22,25)(H,23,26)/t15-,16-/m0/s1. The first kappa shape index (κ1) is 22.0. The number of hydrogen-bond acceptors (Lipinski definition) is 5. The zero-order valence-electron chi connectivity index (χ0n) is 15.6. The summed E-state index contributed by atoms with van der Waals surface area (Å²) in [4.78, 5) is 36.0. The summed E-state index contributed by atoms with van der Waals surface area (Å²) in [5.41, 5.74) is 6.09. The van der Waals surface area contributed by atoms with Crippen LogP contribution in [-0.4, -0.2) is 30.0 Å². The molecule has 0 aliphatic carbocycles. The molecule has 1 aromatic rings. The van der Waals surface area contributed by atoms with E-state index in [1.807, 2.05) is 50.2 Å². The van der Waals surface area contributed by atoms with Crippen molar-refractivity contribution in [1.29, 1.82) is 5.26 Å². The molecule has 0 unspecified atom stereocenters. The Hall–Kier alpha value is -3.08. The lowest BCUT2D eigenvalue weighted by Crippen LogP contribution is -2.53. The van der Waals surface area contributed by atoms with E-state index in [1.54, 1.807) is 0 Å². The molecule has 27 heavy (non-hydrogen) atoms. The molecule has 0 aromatic heterocycles. The predicted octanol–water partition coefficient (Wildman–Crippen LogP) is 1.60. The maximum Gasteiger partial charge on any atom is 0.408 e. The van der Waals surface area contributed by atoms with Crippen LogP contribution in [0.3, 0.4) is 0 Å². The van der Waals surface area contributed by atoms with Crippen molar-refractivity contribution in [3.63, 3.8) is 0 Å². The summed E-state index contributed by atoms with van der Waals surface area (Å²) in [5, 5.41) is 13.7. The Balaban J connectivity index is 2.67. The summed E-state index contributed by atoms with van der Waals surface area (Å²) in [6.07, 6.45) is -0.178. The molecule has 0 radical (unpaired) electrons. The first-order valence-corrected chi connectivity index (χ1v) is 8.77. The highest BCUT2D eigenvalue weighted by Crippen LogP contribution is 2.08. The molecule has 0 fully saturated rings. The number of nitrogens with one attached hydrogen (secondary N) is 2. The molecule has 146 valence electrons. The van der Waals surface area contributed by atoms with Crippen LogP contribution in [0.25, 0.3) is 0 Å². The normalized spacial score (nSPS) is 12.5. The number of nitrogens with two attached hydrogens (primary N) is 1. The molecule has 1 rings (SSSR count). The number of ether oxygens (including phenoxy) is 1.